The monoisotopic (exact) mass is 550 g/mol. The summed E-state index contributed by atoms with van der Waals surface area (Å²) < 4.78 is 8.57. The van der Waals surface area contributed by atoms with Crippen LogP contribution in [0, 0.1) is 20.8 Å². The molecule has 1 aromatic heterocycles. The van der Waals surface area contributed by atoms with E-state index >= 15 is 0 Å². The van der Waals surface area contributed by atoms with Crippen LogP contribution in [0.15, 0.2) is 64.4 Å². The highest BCUT2D eigenvalue weighted by molar-refractivity contribution is 6.21. The minimum absolute atomic E-state index is 0.0261. The van der Waals surface area contributed by atoms with Gasteiger partial charge in [0, 0.05) is 31.3 Å². The maximum Gasteiger partial charge on any atom is 0.330 e. The van der Waals surface area contributed by atoms with E-state index in [4.69, 9.17) is 9.73 Å². The largest absolute Gasteiger partial charge is 0.504 e. The van der Waals surface area contributed by atoms with E-state index < -0.39 is 0 Å². The van der Waals surface area contributed by atoms with E-state index in [1.807, 2.05) is 39.0 Å². The number of imide groups is 1. The first-order valence-corrected chi connectivity index (χ1v) is 13.5. The molecule has 0 atom stereocenters. The lowest BCUT2D eigenvalue weighted by molar-refractivity contribution is 0.0647. The summed E-state index contributed by atoms with van der Waals surface area (Å²) in [5, 5.41) is 10.4. The average Bonchev–Trinajstić information content (AvgIpc) is 3.19. The molecule has 0 radical (unpaired) electrons. The molecule has 3 aromatic carbocycles. The van der Waals surface area contributed by atoms with E-state index in [2.05, 4.69) is 0 Å². The fraction of sp³-hybridized carbons (Fsp3) is 0.250. The SMILES string of the molecule is COc1cc2c(cc1O)CCn1c-2cc(=Nc2c(C)cc(C)cc2C)n(CCN2C(=O)c3ccccc3C2=O)c1=O. The molecule has 208 valence electrons. The van der Waals surface area contributed by atoms with E-state index in [-0.39, 0.29) is 36.3 Å². The Morgan fingerprint density at radius 2 is 1.54 bits per heavy atom. The van der Waals surface area contributed by atoms with E-state index in [0.717, 1.165) is 33.5 Å². The number of benzene rings is 3. The van der Waals surface area contributed by atoms with Gasteiger partial charge in [-0.1, -0.05) is 29.8 Å². The predicted molar refractivity (Wildman–Crippen MR) is 154 cm³/mol. The quantitative estimate of drug-likeness (QED) is 0.378. The summed E-state index contributed by atoms with van der Waals surface area (Å²) in [6, 6.07) is 16.1. The standard InChI is InChI=1S/C32H30N4O5/c1-18-13-19(2)29(20(3)14-18)33-28-17-25-24-16-27(41-4)26(37)15-21(24)9-10-34(25)32(40)35(28)11-12-36-30(38)22-7-5-6-8-23(22)31(36)39/h5-8,13-17,37H,9-12H2,1-4H3. The number of rotatable bonds is 5. The minimum Gasteiger partial charge on any atom is -0.504 e. The van der Waals surface area contributed by atoms with Crippen LogP contribution in [-0.2, 0) is 19.5 Å². The molecule has 0 bridgehead atoms. The molecule has 3 heterocycles. The topological polar surface area (TPSA) is 106 Å². The average molecular weight is 551 g/mol. The first-order valence-electron chi connectivity index (χ1n) is 13.5. The molecule has 0 aliphatic carbocycles. The van der Waals surface area contributed by atoms with E-state index in [0.29, 0.717) is 41.0 Å². The van der Waals surface area contributed by atoms with Gasteiger partial charge in [-0.25, -0.2) is 9.79 Å². The van der Waals surface area contributed by atoms with Gasteiger partial charge in [0.15, 0.2) is 11.5 Å². The van der Waals surface area contributed by atoms with Gasteiger partial charge in [-0.2, -0.15) is 0 Å². The number of carbonyl (C=O) groups is 2. The fourth-order valence-electron chi connectivity index (χ4n) is 5.93. The molecule has 2 aliphatic heterocycles. The van der Waals surface area contributed by atoms with Crippen LogP contribution in [0.25, 0.3) is 11.3 Å². The summed E-state index contributed by atoms with van der Waals surface area (Å²) in [5.41, 5.74) is 7.02. The number of amides is 2. The van der Waals surface area contributed by atoms with Crippen molar-refractivity contribution in [1.29, 1.82) is 0 Å². The van der Waals surface area contributed by atoms with Gasteiger partial charge in [-0.05, 0) is 68.1 Å². The van der Waals surface area contributed by atoms with Gasteiger partial charge < -0.3 is 9.84 Å². The number of hydrogen-bond donors (Lipinski definition) is 1. The molecule has 9 heteroatoms. The highest BCUT2D eigenvalue weighted by Crippen LogP contribution is 2.37. The zero-order chi connectivity index (χ0) is 29.0. The van der Waals surface area contributed by atoms with E-state index in [1.165, 1.54) is 16.6 Å². The highest BCUT2D eigenvalue weighted by atomic mass is 16.5. The van der Waals surface area contributed by atoms with Crippen molar-refractivity contribution in [3.63, 3.8) is 0 Å². The Hall–Kier alpha value is -4.92. The van der Waals surface area contributed by atoms with Crippen molar-refractivity contribution < 1.29 is 19.4 Å². The molecule has 0 saturated carbocycles. The lowest BCUT2D eigenvalue weighted by Gasteiger charge is -2.24. The van der Waals surface area contributed by atoms with Crippen molar-refractivity contribution in [2.24, 2.45) is 4.99 Å². The molecule has 0 unspecified atom stereocenters. The Balaban J connectivity index is 1.51. The van der Waals surface area contributed by atoms with Crippen LogP contribution in [0.5, 0.6) is 11.5 Å². The van der Waals surface area contributed by atoms with Gasteiger partial charge in [-0.3, -0.25) is 23.6 Å². The number of fused-ring (bicyclic) bond motifs is 4. The molecule has 4 aromatic rings. The number of aryl methyl sites for hydroxylation is 4. The van der Waals surface area contributed by atoms with Gasteiger partial charge in [0.05, 0.1) is 29.6 Å². The molecular formula is C32H30N4O5. The summed E-state index contributed by atoms with van der Waals surface area (Å²) in [4.78, 5) is 46.3. The summed E-state index contributed by atoms with van der Waals surface area (Å²) in [6.07, 6.45) is 0.546. The van der Waals surface area contributed by atoms with Crippen LogP contribution in [0.2, 0.25) is 0 Å². The molecule has 0 fully saturated rings. The van der Waals surface area contributed by atoms with Crippen molar-refractivity contribution >= 4 is 17.5 Å². The number of aromatic hydroxyl groups is 1. The maximum atomic E-state index is 14.1. The van der Waals surface area contributed by atoms with Gasteiger partial charge in [0.1, 0.15) is 5.49 Å². The van der Waals surface area contributed by atoms with E-state index in [1.54, 1.807) is 41.0 Å². The predicted octanol–water partition coefficient (Wildman–Crippen LogP) is 4.04. The van der Waals surface area contributed by atoms with Crippen LogP contribution >= 0.6 is 0 Å². The minimum atomic E-state index is -0.367. The third kappa shape index (κ3) is 4.34. The molecule has 1 N–H and O–H groups in total. The smallest absolute Gasteiger partial charge is 0.330 e. The van der Waals surface area contributed by atoms with Crippen LogP contribution in [0.3, 0.4) is 0 Å². The van der Waals surface area contributed by atoms with Crippen molar-refractivity contribution in [3.05, 3.63) is 104 Å². The van der Waals surface area contributed by atoms with E-state index in [9.17, 15) is 19.5 Å². The van der Waals surface area contributed by atoms with Crippen LogP contribution in [-0.4, -0.2) is 44.6 Å². The first-order chi connectivity index (χ1) is 19.7. The first kappa shape index (κ1) is 26.3. The number of phenols is 1. The highest BCUT2D eigenvalue weighted by Gasteiger charge is 2.35. The lowest BCUT2D eigenvalue weighted by atomic mass is 9.97. The normalized spacial score (nSPS) is 14.2. The second kappa shape index (κ2) is 9.92. The molecule has 0 spiro atoms. The summed E-state index contributed by atoms with van der Waals surface area (Å²) in [7, 11) is 1.49. The number of aromatic nitrogens is 2. The molecule has 2 aliphatic rings. The molecule has 9 nitrogen and oxygen atoms in total. The Morgan fingerprint density at radius 1 is 0.878 bits per heavy atom. The third-order valence-electron chi connectivity index (χ3n) is 7.87. The number of nitrogens with zero attached hydrogens (tertiary/aromatic N) is 4. The van der Waals surface area contributed by atoms with Crippen LogP contribution < -0.4 is 15.9 Å². The van der Waals surface area contributed by atoms with Gasteiger partial charge in [-0.15, -0.1) is 0 Å². The Bertz CT molecular complexity index is 1840. The van der Waals surface area contributed by atoms with Crippen LogP contribution in [0.1, 0.15) is 43.0 Å². The van der Waals surface area contributed by atoms with Gasteiger partial charge >= 0.3 is 5.69 Å². The second-order valence-corrected chi connectivity index (χ2v) is 10.6. The van der Waals surface area contributed by atoms with Crippen molar-refractivity contribution in [2.45, 2.75) is 40.3 Å². The second-order valence-electron chi connectivity index (χ2n) is 10.6. The van der Waals surface area contributed by atoms with Crippen LogP contribution in [0.4, 0.5) is 5.69 Å². The summed E-state index contributed by atoms with van der Waals surface area (Å²) >= 11 is 0. The number of ether oxygens (including phenoxy) is 1. The fourth-order valence-corrected chi connectivity index (χ4v) is 5.93. The molecular weight excluding hydrogens is 520 g/mol. The molecule has 41 heavy (non-hydrogen) atoms. The van der Waals surface area contributed by atoms with Gasteiger partial charge in [0.25, 0.3) is 11.8 Å². The zero-order valence-electron chi connectivity index (χ0n) is 23.4. The number of methoxy groups -OCH3 is 1. The number of phenolic OH excluding ortho intramolecular Hbond substituents is 1. The number of hydrogen-bond acceptors (Lipinski definition) is 6. The summed E-state index contributed by atoms with van der Waals surface area (Å²) in [5.74, 6) is -0.372. The maximum absolute atomic E-state index is 14.1. The third-order valence-corrected chi connectivity index (χ3v) is 7.87. The Morgan fingerprint density at radius 3 is 2.17 bits per heavy atom. The molecule has 6 rings (SSSR count). The van der Waals surface area contributed by atoms with Gasteiger partial charge in [0.2, 0.25) is 0 Å². The van der Waals surface area contributed by atoms with Crippen molar-refractivity contribution in [2.75, 3.05) is 13.7 Å². The lowest BCUT2D eigenvalue weighted by Crippen LogP contribution is -2.45. The molecule has 0 saturated heterocycles. The zero-order valence-corrected chi connectivity index (χ0v) is 23.4. The van der Waals surface area contributed by atoms with Crippen molar-refractivity contribution in [3.8, 4) is 22.8 Å². The van der Waals surface area contributed by atoms with Crippen molar-refractivity contribution in [1.82, 2.24) is 14.0 Å². The molecule has 2 amide bonds. The Labute approximate surface area is 236 Å². The number of carbonyl (C=O) groups excluding carboxylic acids is 2. The Kier molecular flexibility index (Phi) is 6.37. The summed E-state index contributed by atoms with van der Waals surface area (Å²) in [6.45, 7) is 6.50.